The van der Waals surface area contributed by atoms with Gasteiger partial charge in [0.25, 0.3) is 5.91 Å². The predicted molar refractivity (Wildman–Crippen MR) is 71.8 cm³/mol. The number of aromatic nitrogens is 1. The Morgan fingerprint density at radius 3 is 3.00 bits per heavy atom. The molecule has 0 unspecified atom stereocenters. The molecule has 0 atom stereocenters. The van der Waals surface area contributed by atoms with Crippen molar-refractivity contribution in [1.29, 1.82) is 0 Å². The van der Waals surface area contributed by atoms with E-state index in [0.29, 0.717) is 24.5 Å². The minimum atomic E-state index is -0.133. The van der Waals surface area contributed by atoms with Crippen LogP contribution in [0.2, 0.25) is 0 Å². The maximum Gasteiger partial charge on any atom is 0.255 e. The molecule has 0 aliphatic heterocycles. The summed E-state index contributed by atoms with van der Waals surface area (Å²) in [7, 11) is 1.74. The van der Waals surface area contributed by atoms with Crippen LogP contribution in [0.15, 0.2) is 18.3 Å². The van der Waals surface area contributed by atoms with Crippen molar-refractivity contribution >= 4 is 11.7 Å². The van der Waals surface area contributed by atoms with Crippen LogP contribution in [-0.2, 0) is 4.74 Å². The van der Waals surface area contributed by atoms with Crippen LogP contribution in [0.5, 0.6) is 0 Å². The minimum absolute atomic E-state index is 0.133. The van der Waals surface area contributed by atoms with Crippen molar-refractivity contribution in [1.82, 2.24) is 10.3 Å². The summed E-state index contributed by atoms with van der Waals surface area (Å²) in [6.07, 6.45) is 3.82. The van der Waals surface area contributed by atoms with Crippen LogP contribution in [-0.4, -0.2) is 37.7 Å². The van der Waals surface area contributed by atoms with E-state index in [4.69, 9.17) is 4.74 Å². The number of hydrogen-bond donors (Lipinski definition) is 2. The van der Waals surface area contributed by atoms with Gasteiger partial charge in [-0.3, -0.25) is 4.79 Å². The molecule has 0 spiro atoms. The highest BCUT2D eigenvalue weighted by Gasteiger charge is 2.09. The molecule has 1 heterocycles. The molecule has 0 aromatic carbocycles. The van der Waals surface area contributed by atoms with Crippen molar-refractivity contribution in [3.05, 3.63) is 23.9 Å². The van der Waals surface area contributed by atoms with Crippen LogP contribution >= 0.6 is 0 Å². The molecule has 0 aliphatic rings. The number of pyridine rings is 1. The summed E-state index contributed by atoms with van der Waals surface area (Å²) >= 11 is 0. The van der Waals surface area contributed by atoms with Gasteiger partial charge in [0.2, 0.25) is 0 Å². The van der Waals surface area contributed by atoms with E-state index in [9.17, 15) is 4.79 Å². The van der Waals surface area contributed by atoms with Crippen molar-refractivity contribution in [2.45, 2.75) is 19.8 Å². The van der Waals surface area contributed by atoms with Crippen molar-refractivity contribution < 1.29 is 9.53 Å². The molecule has 18 heavy (non-hydrogen) atoms. The Morgan fingerprint density at radius 1 is 1.44 bits per heavy atom. The fourth-order valence-electron chi connectivity index (χ4n) is 1.47. The van der Waals surface area contributed by atoms with Crippen molar-refractivity contribution in [3.8, 4) is 0 Å². The Hall–Kier alpha value is -1.62. The molecule has 5 heteroatoms. The predicted octanol–water partition coefficient (Wildman–Crippen LogP) is 1.67. The fraction of sp³-hybridized carbons (Fsp3) is 0.538. The second-order valence-corrected chi connectivity index (χ2v) is 3.87. The van der Waals surface area contributed by atoms with Gasteiger partial charge in [0, 0.05) is 26.4 Å². The number of rotatable bonds is 8. The summed E-state index contributed by atoms with van der Waals surface area (Å²) in [5.74, 6) is 0.452. The molecule has 100 valence electrons. The summed E-state index contributed by atoms with van der Waals surface area (Å²) < 4.78 is 5.37. The highest BCUT2D eigenvalue weighted by molar-refractivity contribution is 5.98. The molecule has 1 amide bonds. The lowest BCUT2D eigenvalue weighted by Gasteiger charge is -2.09. The zero-order valence-corrected chi connectivity index (χ0v) is 11.0. The number of ether oxygens (including phenoxy) is 1. The van der Waals surface area contributed by atoms with E-state index in [1.165, 1.54) is 0 Å². The smallest absolute Gasteiger partial charge is 0.255 e. The third-order valence-corrected chi connectivity index (χ3v) is 2.46. The van der Waals surface area contributed by atoms with E-state index >= 15 is 0 Å². The normalized spacial score (nSPS) is 10.1. The summed E-state index contributed by atoms with van der Waals surface area (Å²) in [5.41, 5.74) is 0.550. The SMILES string of the molecule is CCCCOCCNC(=O)c1cccnc1NC. The maximum absolute atomic E-state index is 11.9. The van der Waals surface area contributed by atoms with E-state index in [1.54, 1.807) is 25.4 Å². The topological polar surface area (TPSA) is 63.2 Å². The Labute approximate surface area is 108 Å². The first-order chi connectivity index (χ1) is 8.79. The van der Waals surface area contributed by atoms with Gasteiger partial charge in [-0.2, -0.15) is 0 Å². The van der Waals surface area contributed by atoms with Gasteiger partial charge in [-0.05, 0) is 18.6 Å². The van der Waals surface area contributed by atoms with Gasteiger partial charge < -0.3 is 15.4 Å². The number of carbonyl (C=O) groups excluding carboxylic acids is 1. The number of amides is 1. The number of nitrogens with zero attached hydrogens (tertiary/aromatic N) is 1. The second kappa shape index (κ2) is 8.47. The average molecular weight is 251 g/mol. The zero-order chi connectivity index (χ0) is 13.2. The number of hydrogen-bond acceptors (Lipinski definition) is 4. The summed E-state index contributed by atoms with van der Waals surface area (Å²) in [6, 6.07) is 3.49. The fourth-order valence-corrected chi connectivity index (χ4v) is 1.47. The summed E-state index contributed by atoms with van der Waals surface area (Å²) in [5, 5.41) is 5.70. The molecule has 1 rings (SSSR count). The van der Waals surface area contributed by atoms with Crippen LogP contribution in [0.4, 0.5) is 5.82 Å². The molecule has 0 saturated heterocycles. The van der Waals surface area contributed by atoms with Crippen LogP contribution in [0.25, 0.3) is 0 Å². The number of nitrogens with one attached hydrogen (secondary N) is 2. The van der Waals surface area contributed by atoms with E-state index in [1.807, 2.05) is 0 Å². The van der Waals surface area contributed by atoms with E-state index in [-0.39, 0.29) is 5.91 Å². The van der Waals surface area contributed by atoms with Crippen LogP contribution in [0, 0.1) is 0 Å². The lowest BCUT2D eigenvalue weighted by atomic mass is 10.2. The Bertz CT molecular complexity index is 369. The monoisotopic (exact) mass is 251 g/mol. The maximum atomic E-state index is 11.9. The van der Waals surface area contributed by atoms with Gasteiger partial charge in [-0.15, -0.1) is 0 Å². The third-order valence-electron chi connectivity index (χ3n) is 2.46. The second-order valence-electron chi connectivity index (χ2n) is 3.87. The van der Waals surface area contributed by atoms with Gasteiger partial charge in [0.15, 0.2) is 0 Å². The first-order valence-corrected chi connectivity index (χ1v) is 6.28. The molecule has 0 saturated carbocycles. The van der Waals surface area contributed by atoms with Gasteiger partial charge in [0.1, 0.15) is 5.82 Å². The average Bonchev–Trinajstić information content (AvgIpc) is 2.42. The van der Waals surface area contributed by atoms with Crippen LogP contribution in [0.1, 0.15) is 30.1 Å². The summed E-state index contributed by atoms with van der Waals surface area (Å²) in [4.78, 5) is 16.0. The first-order valence-electron chi connectivity index (χ1n) is 6.28. The molecule has 0 bridgehead atoms. The zero-order valence-electron chi connectivity index (χ0n) is 11.0. The van der Waals surface area contributed by atoms with E-state index in [2.05, 4.69) is 22.5 Å². The summed E-state index contributed by atoms with van der Waals surface area (Å²) in [6.45, 7) is 3.93. The van der Waals surface area contributed by atoms with Crippen LogP contribution < -0.4 is 10.6 Å². The Kier molecular flexibility index (Phi) is 6.79. The third kappa shape index (κ3) is 4.71. The Balaban J connectivity index is 2.32. The molecule has 2 N–H and O–H groups in total. The molecule has 5 nitrogen and oxygen atoms in total. The van der Waals surface area contributed by atoms with Crippen LogP contribution in [0.3, 0.4) is 0 Å². The van der Waals surface area contributed by atoms with Gasteiger partial charge in [0.05, 0.1) is 12.2 Å². The molecule has 0 aliphatic carbocycles. The van der Waals surface area contributed by atoms with Crippen molar-refractivity contribution in [2.75, 3.05) is 32.1 Å². The van der Waals surface area contributed by atoms with Gasteiger partial charge >= 0.3 is 0 Å². The quantitative estimate of drug-likeness (QED) is 0.690. The standard InChI is InChI=1S/C13H21N3O2/c1-3-4-9-18-10-8-16-13(17)11-6-5-7-15-12(11)14-2/h5-7H,3-4,8-10H2,1-2H3,(H,14,15)(H,16,17). The van der Waals surface area contributed by atoms with Crippen molar-refractivity contribution in [3.63, 3.8) is 0 Å². The lowest BCUT2D eigenvalue weighted by Crippen LogP contribution is -2.28. The number of unbranched alkanes of at least 4 members (excludes halogenated alkanes) is 1. The molecule has 0 fully saturated rings. The highest BCUT2D eigenvalue weighted by atomic mass is 16.5. The first kappa shape index (κ1) is 14.4. The molecule has 1 aromatic heterocycles. The number of carbonyl (C=O) groups is 1. The van der Waals surface area contributed by atoms with Gasteiger partial charge in [-0.1, -0.05) is 13.3 Å². The largest absolute Gasteiger partial charge is 0.380 e. The molecular weight excluding hydrogens is 230 g/mol. The van der Waals surface area contributed by atoms with Crippen molar-refractivity contribution in [2.24, 2.45) is 0 Å². The molecule has 0 radical (unpaired) electrons. The lowest BCUT2D eigenvalue weighted by molar-refractivity contribution is 0.0913. The Morgan fingerprint density at radius 2 is 2.28 bits per heavy atom. The molecular formula is C13H21N3O2. The van der Waals surface area contributed by atoms with E-state index < -0.39 is 0 Å². The van der Waals surface area contributed by atoms with E-state index in [0.717, 1.165) is 19.4 Å². The van der Waals surface area contributed by atoms with Gasteiger partial charge in [-0.25, -0.2) is 4.98 Å². The minimum Gasteiger partial charge on any atom is -0.380 e. The molecule has 1 aromatic rings. The highest BCUT2D eigenvalue weighted by Crippen LogP contribution is 2.09. The number of anilines is 1.